The Hall–Kier alpha value is -4.88. The van der Waals surface area contributed by atoms with Gasteiger partial charge < -0.3 is 4.42 Å². The third kappa shape index (κ3) is 3.70. The van der Waals surface area contributed by atoms with Crippen LogP contribution >= 0.6 is 0 Å². The summed E-state index contributed by atoms with van der Waals surface area (Å²) in [5, 5.41) is 0.769. The van der Waals surface area contributed by atoms with Gasteiger partial charge in [0.15, 0.2) is 0 Å². The minimum atomic E-state index is -0.644. The Labute approximate surface area is 248 Å². The van der Waals surface area contributed by atoms with Crippen molar-refractivity contribution >= 4 is 54.3 Å². The quantitative estimate of drug-likeness (QED) is 0.213. The minimum absolute atomic E-state index is 0.0162. The highest BCUT2D eigenvalue weighted by molar-refractivity contribution is 6.07. The maximum absolute atomic E-state index is 9.15. The summed E-state index contributed by atoms with van der Waals surface area (Å²) in [5.74, 6) is 0. The van der Waals surface area contributed by atoms with E-state index >= 15 is 0 Å². The molecule has 0 aliphatic heterocycles. The van der Waals surface area contributed by atoms with E-state index in [9.17, 15) is 0 Å². The molecule has 0 N–H and O–H groups in total. The SMILES string of the molecule is [2H]c1c([2H])c([2H])c2c([2H])c(Cc3c4c([2H])c([2H])c([2H])c([2H])c4c(Cc4ccc5oc6ccccc6c5c4)c4c([2H])c([2H])c([2H])c([2H])c34)c([2H])c([2H])c2c1[2H]. The van der Waals surface area contributed by atoms with Crippen LogP contribution in [0.15, 0.2) is 138 Å². The number of benzene rings is 7. The van der Waals surface area contributed by atoms with Crippen molar-refractivity contribution in [1.29, 1.82) is 0 Å². The van der Waals surface area contributed by atoms with Crippen molar-refractivity contribution in [2.24, 2.45) is 0 Å². The number of hydrogen-bond acceptors (Lipinski definition) is 1. The molecule has 1 heteroatoms. The minimum Gasteiger partial charge on any atom is -0.456 e. The summed E-state index contributed by atoms with van der Waals surface area (Å²) in [4.78, 5) is 0. The number of fused-ring (bicyclic) bond motifs is 6. The van der Waals surface area contributed by atoms with Crippen LogP contribution in [0.4, 0.5) is 0 Å². The average Bonchev–Trinajstić information content (AvgIpc) is 3.53. The largest absolute Gasteiger partial charge is 0.456 e. The van der Waals surface area contributed by atoms with Gasteiger partial charge in [0, 0.05) is 10.8 Å². The van der Waals surface area contributed by atoms with Crippen LogP contribution in [0.25, 0.3) is 54.3 Å². The molecule has 0 radical (unpaired) electrons. The van der Waals surface area contributed by atoms with Gasteiger partial charge in [-0.2, -0.15) is 0 Å². The van der Waals surface area contributed by atoms with Gasteiger partial charge in [-0.15, -0.1) is 0 Å². The summed E-state index contributed by atoms with van der Waals surface area (Å²) in [6, 6.07) is 4.43. The molecule has 0 unspecified atom stereocenters. The fourth-order valence-corrected chi connectivity index (χ4v) is 5.31. The maximum Gasteiger partial charge on any atom is 0.135 e. The van der Waals surface area contributed by atoms with Gasteiger partial charge in [-0.1, -0.05) is 115 Å². The van der Waals surface area contributed by atoms with E-state index in [1.54, 1.807) is 12.1 Å². The maximum atomic E-state index is 9.15. The highest BCUT2D eigenvalue weighted by atomic mass is 16.3. The molecule has 0 saturated carbocycles. The summed E-state index contributed by atoms with van der Waals surface area (Å²) < 4.78 is 137. The summed E-state index contributed by atoms with van der Waals surface area (Å²) in [7, 11) is 0. The van der Waals surface area contributed by atoms with Crippen molar-refractivity contribution in [2.45, 2.75) is 12.8 Å². The van der Waals surface area contributed by atoms with E-state index in [0.29, 0.717) is 16.7 Å². The van der Waals surface area contributed by atoms with Gasteiger partial charge in [-0.05, 0) is 85.6 Å². The number of para-hydroxylation sites is 1. The first kappa shape index (κ1) is 11.9. The van der Waals surface area contributed by atoms with Crippen molar-refractivity contribution in [3.8, 4) is 0 Å². The highest BCUT2D eigenvalue weighted by Crippen LogP contribution is 2.37. The zero-order chi connectivity index (χ0) is 38.8. The topological polar surface area (TPSA) is 13.1 Å². The van der Waals surface area contributed by atoms with Crippen LogP contribution in [-0.2, 0) is 12.8 Å². The van der Waals surface area contributed by atoms with Crippen molar-refractivity contribution in [3.05, 3.63) is 155 Å². The predicted molar refractivity (Wildman–Crippen MR) is 165 cm³/mol. The number of hydrogen-bond donors (Lipinski definition) is 0. The molecule has 1 heterocycles. The van der Waals surface area contributed by atoms with Crippen LogP contribution < -0.4 is 0 Å². The van der Waals surface area contributed by atoms with E-state index in [0.717, 1.165) is 10.8 Å². The molecule has 0 spiro atoms. The molecule has 0 bridgehead atoms. The average molecular weight is 514 g/mol. The van der Waals surface area contributed by atoms with Crippen LogP contribution in [-0.4, -0.2) is 0 Å². The van der Waals surface area contributed by atoms with E-state index < -0.39 is 97.1 Å². The lowest BCUT2D eigenvalue weighted by Gasteiger charge is -2.17. The molecule has 0 amide bonds. The van der Waals surface area contributed by atoms with Crippen molar-refractivity contribution < 1.29 is 25.0 Å². The Morgan fingerprint density at radius 2 is 1.08 bits per heavy atom. The van der Waals surface area contributed by atoms with Gasteiger partial charge in [0.2, 0.25) is 0 Å². The molecular weight excluding hydrogens is 472 g/mol. The third-order valence-corrected chi connectivity index (χ3v) is 7.06. The Balaban J connectivity index is 1.52. The Morgan fingerprint density at radius 1 is 0.487 bits per heavy atom. The van der Waals surface area contributed by atoms with Crippen LogP contribution in [0, 0.1) is 0 Å². The van der Waals surface area contributed by atoms with Crippen LogP contribution in [0.1, 0.15) is 42.8 Å². The molecule has 8 aromatic rings. The molecular formula is C38H26O. The van der Waals surface area contributed by atoms with Gasteiger partial charge >= 0.3 is 0 Å². The zero-order valence-electron chi connectivity index (χ0n) is 35.4. The second-order valence-electron chi connectivity index (χ2n) is 9.34. The van der Waals surface area contributed by atoms with E-state index in [-0.39, 0.29) is 55.4 Å². The molecule has 184 valence electrons. The van der Waals surface area contributed by atoms with Crippen molar-refractivity contribution in [1.82, 2.24) is 0 Å². The van der Waals surface area contributed by atoms with E-state index in [4.69, 9.17) is 25.0 Å². The first-order chi connectivity index (χ1) is 25.6. The Kier molecular flexibility index (Phi) is 2.70. The van der Waals surface area contributed by atoms with Crippen LogP contribution in [0.2, 0.25) is 0 Å². The van der Waals surface area contributed by atoms with Crippen LogP contribution in [0.3, 0.4) is 0 Å². The monoisotopic (exact) mass is 513 g/mol. The highest BCUT2D eigenvalue weighted by Gasteiger charge is 2.16. The van der Waals surface area contributed by atoms with Crippen molar-refractivity contribution in [2.75, 3.05) is 0 Å². The lowest BCUT2D eigenvalue weighted by molar-refractivity contribution is 0.669. The molecule has 39 heavy (non-hydrogen) atoms. The molecule has 8 rings (SSSR count). The van der Waals surface area contributed by atoms with Gasteiger partial charge in [-0.3, -0.25) is 0 Å². The Bertz CT molecular complexity index is 2920. The first-order valence-electron chi connectivity index (χ1n) is 19.9. The van der Waals surface area contributed by atoms with Crippen molar-refractivity contribution in [3.63, 3.8) is 0 Å². The third-order valence-electron chi connectivity index (χ3n) is 7.06. The summed E-state index contributed by atoms with van der Waals surface area (Å²) in [5.41, 5.74) is 1.89. The second kappa shape index (κ2) is 8.85. The number of furan rings is 1. The number of rotatable bonds is 4. The fraction of sp³-hybridized carbons (Fsp3) is 0.0526. The standard InChI is InChI=1S/C38H26O/c1-2-10-28-21-25(17-19-27(28)9-1)22-34-29-11-3-5-13-31(29)35(32-14-6-4-12-30(32)34)23-26-18-20-38-36(24-26)33-15-7-8-16-37(33)39-38/h1-21,24H,22-23H2/i1D,2D,3D,4D,5D,6D,9D,10D,11D,12D,13D,14D,17D,19D,21D. The molecule has 1 nitrogen and oxygen atoms in total. The van der Waals surface area contributed by atoms with E-state index in [1.165, 1.54) is 0 Å². The predicted octanol–water partition coefficient (Wildman–Crippen LogP) is 10.2. The molecule has 1 aromatic heterocycles. The lowest BCUT2D eigenvalue weighted by Crippen LogP contribution is -1.98. The molecule has 0 fully saturated rings. The Morgan fingerprint density at radius 3 is 1.79 bits per heavy atom. The molecule has 7 aromatic carbocycles. The molecule has 0 saturated heterocycles. The van der Waals surface area contributed by atoms with Gasteiger partial charge in [-0.25, -0.2) is 0 Å². The van der Waals surface area contributed by atoms with Gasteiger partial charge in [0.1, 0.15) is 11.2 Å². The lowest BCUT2D eigenvalue weighted by atomic mass is 9.86. The van der Waals surface area contributed by atoms with Gasteiger partial charge in [0.05, 0.1) is 20.6 Å². The molecule has 0 aliphatic rings. The summed E-state index contributed by atoms with van der Waals surface area (Å²) >= 11 is 0. The van der Waals surface area contributed by atoms with Gasteiger partial charge in [0.25, 0.3) is 0 Å². The zero-order valence-corrected chi connectivity index (χ0v) is 20.4. The normalized spacial score (nSPS) is 17.2. The smallest absolute Gasteiger partial charge is 0.135 e. The molecule has 0 atom stereocenters. The second-order valence-corrected chi connectivity index (χ2v) is 9.34. The fourth-order valence-electron chi connectivity index (χ4n) is 5.31. The summed E-state index contributed by atoms with van der Waals surface area (Å²) in [6.07, 6.45) is -0.559. The van der Waals surface area contributed by atoms with E-state index in [2.05, 4.69) is 0 Å². The van der Waals surface area contributed by atoms with E-state index in [1.807, 2.05) is 30.3 Å². The van der Waals surface area contributed by atoms with Crippen LogP contribution in [0.5, 0.6) is 0 Å². The molecule has 0 aliphatic carbocycles. The first-order valence-corrected chi connectivity index (χ1v) is 12.4. The summed E-state index contributed by atoms with van der Waals surface area (Å²) in [6.45, 7) is 0.